The Labute approximate surface area is 126 Å². The summed E-state index contributed by atoms with van der Waals surface area (Å²) in [5.41, 5.74) is 2.08. The number of aromatic hydroxyl groups is 1. The van der Waals surface area contributed by atoms with Crippen molar-refractivity contribution in [2.24, 2.45) is 0 Å². The van der Waals surface area contributed by atoms with E-state index in [4.69, 9.17) is 0 Å². The van der Waals surface area contributed by atoms with Gasteiger partial charge in [0.25, 0.3) is 0 Å². The van der Waals surface area contributed by atoms with Crippen molar-refractivity contribution in [1.29, 1.82) is 0 Å². The lowest BCUT2D eigenvalue weighted by Gasteiger charge is -2.15. The van der Waals surface area contributed by atoms with Gasteiger partial charge in [0.15, 0.2) is 0 Å². The summed E-state index contributed by atoms with van der Waals surface area (Å²) in [6.45, 7) is 3.53. The van der Waals surface area contributed by atoms with E-state index >= 15 is 0 Å². The SMILES string of the molecule is C[C@H](CCNCC(O)c1ccccc1)c1cccc(O)c1. The second-order valence-corrected chi connectivity index (χ2v) is 5.42. The van der Waals surface area contributed by atoms with Crippen LogP contribution in [0.25, 0.3) is 0 Å². The van der Waals surface area contributed by atoms with Crippen molar-refractivity contribution >= 4 is 0 Å². The van der Waals surface area contributed by atoms with Gasteiger partial charge in [-0.25, -0.2) is 0 Å². The third kappa shape index (κ3) is 4.88. The molecule has 2 atom stereocenters. The van der Waals surface area contributed by atoms with Gasteiger partial charge in [0, 0.05) is 6.54 Å². The zero-order valence-corrected chi connectivity index (χ0v) is 12.4. The highest BCUT2D eigenvalue weighted by atomic mass is 16.3. The predicted molar refractivity (Wildman–Crippen MR) is 85.4 cm³/mol. The van der Waals surface area contributed by atoms with Gasteiger partial charge in [0.1, 0.15) is 5.75 Å². The number of nitrogens with one attached hydrogen (secondary N) is 1. The van der Waals surface area contributed by atoms with Crippen LogP contribution in [0.4, 0.5) is 0 Å². The van der Waals surface area contributed by atoms with Crippen molar-refractivity contribution in [2.75, 3.05) is 13.1 Å². The number of aliphatic hydroxyl groups excluding tert-OH is 1. The zero-order valence-electron chi connectivity index (χ0n) is 12.4. The average molecular weight is 285 g/mol. The first-order chi connectivity index (χ1) is 10.2. The summed E-state index contributed by atoms with van der Waals surface area (Å²) in [5, 5.41) is 22.8. The molecule has 3 heteroatoms. The van der Waals surface area contributed by atoms with Crippen molar-refractivity contribution in [1.82, 2.24) is 5.32 Å². The molecule has 2 aromatic rings. The molecule has 21 heavy (non-hydrogen) atoms. The van der Waals surface area contributed by atoms with E-state index in [-0.39, 0.29) is 0 Å². The van der Waals surface area contributed by atoms with E-state index < -0.39 is 6.10 Å². The first-order valence-corrected chi connectivity index (χ1v) is 7.39. The van der Waals surface area contributed by atoms with Crippen LogP contribution < -0.4 is 5.32 Å². The van der Waals surface area contributed by atoms with Crippen LogP contribution in [0.1, 0.15) is 36.5 Å². The normalized spacial score (nSPS) is 13.8. The van der Waals surface area contributed by atoms with Gasteiger partial charge in [-0.1, -0.05) is 49.4 Å². The molecule has 0 spiro atoms. The number of rotatable bonds is 7. The molecule has 0 aliphatic rings. The fourth-order valence-corrected chi connectivity index (χ4v) is 2.35. The van der Waals surface area contributed by atoms with Gasteiger partial charge in [-0.2, -0.15) is 0 Å². The van der Waals surface area contributed by atoms with Gasteiger partial charge < -0.3 is 15.5 Å². The molecule has 112 valence electrons. The Morgan fingerprint density at radius 2 is 1.71 bits per heavy atom. The van der Waals surface area contributed by atoms with E-state index in [1.165, 1.54) is 0 Å². The van der Waals surface area contributed by atoms with E-state index in [1.54, 1.807) is 6.07 Å². The van der Waals surface area contributed by atoms with Crippen LogP contribution in [-0.2, 0) is 0 Å². The fraction of sp³-hybridized carbons (Fsp3) is 0.333. The second-order valence-electron chi connectivity index (χ2n) is 5.42. The molecule has 0 radical (unpaired) electrons. The highest BCUT2D eigenvalue weighted by Gasteiger charge is 2.08. The van der Waals surface area contributed by atoms with Gasteiger partial charge >= 0.3 is 0 Å². The molecule has 1 unspecified atom stereocenters. The molecule has 3 nitrogen and oxygen atoms in total. The molecule has 0 saturated heterocycles. The highest BCUT2D eigenvalue weighted by molar-refractivity contribution is 5.29. The number of hydrogen-bond donors (Lipinski definition) is 3. The predicted octanol–water partition coefficient (Wildman–Crippen LogP) is 3.21. The van der Waals surface area contributed by atoms with E-state index in [9.17, 15) is 10.2 Å². The number of aliphatic hydroxyl groups is 1. The Bertz CT molecular complexity index is 542. The number of phenols is 1. The first kappa shape index (κ1) is 15.5. The lowest BCUT2D eigenvalue weighted by atomic mass is 9.97. The standard InChI is InChI=1S/C18H23NO2/c1-14(16-8-5-9-17(20)12-16)10-11-19-13-18(21)15-6-3-2-4-7-15/h2-9,12,14,18-21H,10-11,13H2,1H3/t14-,18?/m1/s1. The molecule has 0 aliphatic carbocycles. The molecule has 0 heterocycles. The summed E-state index contributed by atoms with van der Waals surface area (Å²) in [6.07, 6.45) is 0.493. The van der Waals surface area contributed by atoms with E-state index in [2.05, 4.69) is 12.2 Å². The largest absolute Gasteiger partial charge is 0.508 e. The maximum Gasteiger partial charge on any atom is 0.115 e. The minimum Gasteiger partial charge on any atom is -0.508 e. The van der Waals surface area contributed by atoms with Gasteiger partial charge in [0.2, 0.25) is 0 Å². The van der Waals surface area contributed by atoms with Crippen molar-refractivity contribution < 1.29 is 10.2 Å². The molecule has 0 aliphatic heterocycles. The second kappa shape index (κ2) is 7.81. The summed E-state index contributed by atoms with van der Waals surface area (Å²) in [7, 11) is 0. The van der Waals surface area contributed by atoms with E-state index in [0.717, 1.165) is 24.1 Å². The van der Waals surface area contributed by atoms with Crippen LogP contribution in [-0.4, -0.2) is 23.3 Å². The quantitative estimate of drug-likeness (QED) is 0.685. The molecule has 0 fully saturated rings. The molecule has 0 aromatic heterocycles. The lowest BCUT2D eigenvalue weighted by molar-refractivity contribution is 0.174. The van der Waals surface area contributed by atoms with Crippen LogP contribution in [0, 0.1) is 0 Å². The Hall–Kier alpha value is -1.84. The van der Waals surface area contributed by atoms with Crippen LogP contribution in [0.15, 0.2) is 54.6 Å². The fourth-order valence-electron chi connectivity index (χ4n) is 2.35. The number of phenolic OH excluding ortho intramolecular Hbond substituents is 1. The summed E-state index contributed by atoms with van der Waals surface area (Å²) >= 11 is 0. The van der Waals surface area contributed by atoms with Crippen LogP contribution >= 0.6 is 0 Å². The molecule has 0 saturated carbocycles. The molecule has 3 N–H and O–H groups in total. The molecule has 2 rings (SSSR count). The summed E-state index contributed by atoms with van der Waals surface area (Å²) in [5.74, 6) is 0.685. The Kier molecular flexibility index (Phi) is 5.78. The van der Waals surface area contributed by atoms with Gasteiger partial charge in [-0.05, 0) is 42.1 Å². The minimum atomic E-state index is -0.470. The molecule has 2 aromatic carbocycles. The van der Waals surface area contributed by atoms with Gasteiger partial charge in [-0.15, -0.1) is 0 Å². The molecular weight excluding hydrogens is 262 g/mol. The summed E-state index contributed by atoms with van der Waals surface area (Å²) in [6, 6.07) is 17.1. The zero-order chi connectivity index (χ0) is 15.1. The lowest BCUT2D eigenvalue weighted by Crippen LogP contribution is -2.23. The van der Waals surface area contributed by atoms with Crippen LogP contribution in [0.3, 0.4) is 0 Å². The molecule has 0 bridgehead atoms. The van der Waals surface area contributed by atoms with E-state index in [0.29, 0.717) is 18.2 Å². The maximum atomic E-state index is 10.0. The average Bonchev–Trinajstić information content (AvgIpc) is 2.52. The van der Waals surface area contributed by atoms with Crippen molar-refractivity contribution in [3.05, 3.63) is 65.7 Å². The van der Waals surface area contributed by atoms with Crippen molar-refractivity contribution in [3.8, 4) is 5.75 Å². The van der Waals surface area contributed by atoms with E-state index in [1.807, 2.05) is 48.5 Å². The molecule has 0 amide bonds. The monoisotopic (exact) mass is 285 g/mol. The topological polar surface area (TPSA) is 52.5 Å². The Balaban J connectivity index is 1.72. The minimum absolute atomic E-state index is 0.312. The summed E-state index contributed by atoms with van der Waals surface area (Å²) in [4.78, 5) is 0. The number of benzene rings is 2. The van der Waals surface area contributed by atoms with Crippen LogP contribution in [0.5, 0.6) is 5.75 Å². The Morgan fingerprint density at radius 1 is 1.00 bits per heavy atom. The van der Waals surface area contributed by atoms with Crippen molar-refractivity contribution in [3.63, 3.8) is 0 Å². The maximum absolute atomic E-state index is 10.0. The van der Waals surface area contributed by atoms with Crippen molar-refractivity contribution in [2.45, 2.75) is 25.4 Å². The number of hydrogen-bond acceptors (Lipinski definition) is 3. The van der Waals surface area contributed by atoms with Crippen LogP contribution in [0.2, 0.25) is 0 Å². The highest BCUT2D eigenvalue weighted by Crippen LogP contribution is 2.22. The Morgan fingerprint density at radius 3 is 2.43 bits per heavy atom. The third-order valence-electron chi connectivity index (χ3n) is 3.72. The van der Waals surface area contributed by atoms with Gasteiger partial charge in [-0.3, -0.25) is 0 Å². The first-order valence-electron chi connectivity index (χ1n) is 7.39. The molecular formula is C18H23NO2. The summed E-state index contributed by atoms with van der Waals surface area (Å²) < 4.78 is 0. The smallest absolute Gasteiger partial charge is 0.115 e. The van der Waals surface area contributed by atoms with Gasteiger partial charge in [0.05, 0.1) is 6.10 Å². The third-order valence-corrected chi connectivity index (χ3v) is 3.72.